The van der Waals surface area contributed by atoms with E-state index in [9.17, 15) is 15.0 Å². The molecule has 104 valence electrons. The van der Waals surface area contributed by atoms with Crippen molar-refractivity contribution in [2.24, 2.45) is 0 Å². The Labute approximate surface area is 114 Å². The van der Waals surface area contributed by atoms with Crippen molar-refractivity contribution in [3.05, 3.63) is 35.4 Å². The maximum absolute atomic E-state index is 12.4. The van der Waals surface area contributed by atoms with Gasteiger partial charge in [0.05, 0.1) is 5.56 Å². The number of rotatable bonds is 5. The monoisotopic (exact) mass is 263 g/mol. The molecular weight excluding hydrogens is 242 g/mol. The fourth-order valence-corrected chi connectivity index (χ4v) is 2.11. The number of hydrogen-bond acceptors (Lipinski definition) is 3. The molecule has 1 aromatic carbocycles. The first kappa shape index (κ1) is 15.1. The maximum Gasteiger partial charge on any atom is 0.257 e. The lowest BCUT2D eigenvalue weighted by molar-refractivity contribution is 0.0769. The summed E-state index contributed by atoms with van der Waals surface area (Å²) in [5.74, 6) is -0.412. The fourth-order valence-electron chi connectivity index (χ4n) is 2.11. The first-order chi connectivity index (χ1) is 8.97. The minimum Gasteiger partial charge on any atom is -0.508 e. The van der Waals surface area contributed by atoms with E-state index in [0.717, 1.165) is 0 Å². The Morgan fingerprint density at radius 2 is 1.89 bits per heavy atom. The van der Waals surface area contributed by atoms with E-state index in [1.54, 1.807) is 17.9 Å². The zero-order valence-corrected chi connectivity index (χ0v) is 11.7. The summed E-state index contributed by atoms with van der Waals surface area (Å²) in [6, 6.07) is 1.22. The van der Waals surface area contributed by atoms with Crippen LogP contribution in [0.3, 0.4) is 0 Å². The average molecular weight is 263 g/mol. The van der Waals surface area contributed by atoms with Gasteiger partial charge in [-0.25, -0.2) is 0 Å². The molecular formula is C15H21NO3. The van der Waals surface area contributed by atoms with Crippen LogP contribution in [0.4, 0.5) is 0 Å². The average Bonchev–Trinajstić information content (AvgIpc) is 2.37. The van der Waals surface area contributed by atoms with Gasteiger partial charge in [-0.2, -0.15) is 0 Å². The number of amides is 1. The molecule has 1 rings (SSSR count). The van der Waals surface area contributed by atoms with E-state index in [4.69, 9.17) is 0 Å². The molecule has 1 amide bonds. The van der Waals surface area contributed by atoms with Crippen molar-refractivity contribution >= 4 is 5.91 Å². The second kappa shape index (κ2) is 6.27. The predicted octanol–water partition coefficient (Wildman–Crippen LogP) is 2.62. The van der Waals surface area contributed by atoms with Gasteiger partial charge in [0.25, 0.3) is 5.91 Å². The molecule has 0 aliphatic heterocycles. The molecule has 0 heterocycles. The predicted molar refractivity (Wildman–Crippen MR) is 75.7 cm³/mol. The summed E-state index contributed by atoms with van der Waals surface area (Å²) in [6.07, 6.45) is 2.08. The summed E-state index contributed by atoms with van der Waals surface area (Å²) >= 11 is 0. The highest BCUT2D eigenvalue weighted by atomic mass is 16.3. The van der Waals surface area contributed by atoms with E-state index in [1.807, 2.05) is 13.8 Å². The quantitative estimate of drug-likeness (QED) is 0.803. The topological polar surface area (TPSA) is 60.8 Å². The third kappa shape index (κ3) is 2.89. The van der Waals surface area contributed by atoms with Crippen molar-refractivity contribution in [3.63, 3.8) is 0 Å². The van der Waals surface area contributed by atoms with Gasteiger partial charge in [-0.3, -0.25) is 4.79 Å². The van der Waals surface area contributed by atoms with Crippen molar-refractivity contribution < 1.29 is 15.0 Å². The molecule has 0 bridgehead atoms. The fraction of sp³-hybridized carbons (Fsp3) is 0.400. The highest BCUT2D eigenvalue weighted by Gasteiger charge is 2.23. The number of carbonyl (C=O) groups is 1. The summed E-state index contributed by atoms with van der Waals surface area (Å²) in [6.45, 7) is 10.3. The minimum atomic E-state index is -0.220. The Kier molecular flexibility index (Phi) is 4.98. The van der Waals surface area contributed by atoms with Crippen molar-refractivity contribution in [3.8, 4) is 11.5 Å². The molecule has 0 saturated carbocycles. The minimum absolute atomic E-state index is 0.00885. The van der Waals surface area contributed by atoms with Gasteiger partial charge in [0.15, 0.2) is 0 Å². The van der Waals surface area contributed by atoms with E-state index in [0.29, 0.717) is 30.6 Å². The number of benzene rings is 1. The standard InChI is InChI=1S/C15H21NO3/c1-5-8-11-10(4)12(17)9-13(18)14(11)15(19)16(6-2)7-3/h5,9,17-18H,1,6-8H2,2-4H3. The van der Waals surface area contributed by atoms with E-state index in [-0.39, 0.29) is 23.0 Å². The number of allylic oxidation sites excluding steroid dienone is 1. The van der Waals surface area contributed by atoms with E-state index in [1.165, 1.54) is 6.07 Å². The van der Waals surface area contributed by atoms with Gasteiger partial charge < -0.3 is 15.1 Å². The summed E-state index contributed by atoms with van der Waals surface area (Å²) in [5.41, 5.74) is 1.50. The zero-order chi connectivity index (χ0) is 14.6. The Bertz CT molecular complexity index is 491. The van der Waals surface area contributed by atoms with Crippen LogP contribution in [-0.2, 0) is 6.42 Å². The van der Waals surface area contributed by atoms with Crippen LogP contribution in [0.25, 0.3) is 0 Å². The molecule has 0 aliphatic rings. The van der Waals surface area contributed by atoms with Crippen molar-refractivity contribution in [1.29, 1.82) is 0 Å². The van der Waals surface area contributed by atoms with Gasteiger partial charge in [0, 0.05) is 19.2 Å². The van der Waals surface area contributed by atoms with Gasteiger partial charge in [0.1, 0.15) is 11.5 Å². The van der Waals surface area contributed by atoms with Crippen LogP contribution in [0.5, 0.6) is 11.5 Å². The molecule has 0 aromatic heterocycles. The lowest BCUT2D eigenvalue weighted by Crippen LogP contribution is -2.31. The first-order valence-corrected chi connectivity index (χ1v) is 6.42. The molecule has 0 spiro atoms. The summed E-state index contributed by atoms with van der Waals surface area (Å²) in [5, 5.41) is 19.7. The first-order valence-electron chi connectivity index (χ1n) is 6.42. The van der Waals surface area contributed by atoms with Crippen LogP contribution < -0.4 is 0 Å². The molecule has 0 saturated heterocycles. The summed E-state index contributed by atoms with van der Waals surface area (Å²) < 4.78 is 0. The third-order valence-electron chi connectivity index (χ3n) is 3.28. The number of carbonyl (C=O) groups excluding carboxylic acids is 1. The number of phenolic OH excluding ortho intramolecular Hbond substituents is 2. The summed E-state index contributed by atoms with van der Waals surface area (Å²) in [7, 11) is 0. The normalized spacial score (nSPS) is 10.3. The largest absolute Gasteiger partial charge is 0.508 e. The van der Waals surface area contributed by atoms with Gasteiger partial charge in [-0.05, 0) is 38.3 Å². The lowest BCUT2D eigenvalue weighted by Gasteiger charge is -2.22. The highest BCUT2D eigenvalue weighted by molar-refractivity contribution is 5.99. The summed E-state index contributed by atoms with van der Waals surface area (Å²) in [4.78, 5) is 14.1. The van der Waals surface area contributed by atoms with Gasteiger partial charge in [0.2, 0.25) is 0 Å². The lowest BCUT2D eigenvalue weighted by atomic mass is 9.96. The zero-order valence-electron chi connectivity index (χ0n) is 11.7. The Hall–Kier alpha value is -1.97. The number of aromatic hydroxyl groups is 2. The number of hydrogen-bond donors (Lipinski definition) is 2. The van der Waals surface area contributed by atoms with Crippen LogP contribution in [0, 0.1) is 6.92 Å². The molecule has 0 radical (unpaired) electrons. The van der Waals surface area contributed by atoms with Crippen LogP contribution in [0.15, 0.2) is 18.7 Å². The van der Waals surface area contributed by atoms with Crippen LogP contribution in [0.1, 0.15) is 35.3 Å². The molecule has 0 aliphatic carbocycles. The smallest absolute Gasteiger partial charge is 0.257 e. The van der Waals surface area contributed by atoms with Crippen LogP contribution in [0.2, 0.25) is 0 Å². The Morgan fingerprint density at radius 1 is 1.32 bits per heavy atom. The molecule has 0 unspecified atom stereocenters. The van der Waals surface area contributed by atoms with Crippen LogP contribution in [-0.4, -0.2) is 34.1 Å². The SMILES string of the molecule is C=CCc1c(C)c(O)cc(O)c1C(=O)N(CC)CC. The number of phenols is 2. The molecule has 4 heteroatoms. The number of nitrogens with zero attached hydrogens (tertiary/aromatic N) is 1. The molecule has 0 atom stereocenters. The molecule has 4 nitrogen and oxygen atoms in total. The Morgan fingerprint density at radius 3 is 2.37 bits per heavy atom. The van der Waals surface area contributed by atoms with Gasteiger partial charge in [-0.1, -0.05) is 6.08 Å². The van der Waals surface area contributed by atoms with Crippen molar-refractivity contribution in [2.45, 2.75) is 27.2 Å². The second-order valence-electron chi connectivity index (χ2n) is 4.36. The highest BCUT2D eigenvalue weighted by Crippen LogP contribution is 2.33. The second-order valence-corrected chi connectivity index (χ2v) is 4.36. The molecule has 0 fully saturated rings. The Balaban J connectivity index is 3.44. The van der Waals surface area contributed by atoms with Gasteiger partial charge in [-0.15, -0.1) is 6.58 Å². The molecule has 2 N–H and O–H groups in total. The molecule has 19 heavy (non-hydrogen) atoms. The van der Waals surface area contributed by atoms with E-state index >= 15 is 0 Å². The van der Waals surface area contributed by atoms with Gasteiger partial charge >= 0.3 is 0 Å². The van der Waals surface area contributed by atoms with E-state index < -0.39 is 0 Å². The van der Waals surface area contributed by atoms with Crippen molar-refractivity contribution in [1.82, 2.24) is 4.90 Å². The maximum atomic E-state index is 12.4. The van der Waals surface area contributed by atoms with E-state index in [2.05, 4.69) is 6.58 Å². The van der Waals surface area contributed by atoms with Crippen LogP contribution >= 0.6 is 0 Å². The third-order valence-corrected chi connectivity index (χ3v) is 3.28. The molecule has 1 aromatic rings. The van der Waals surface area contributed by atoms with Crippen molar-refractivity contribution in [2.75, 3.05) is 13.1 Å².